The first-order chi connectivity index (χ1) is 14.1. The highest BCUT2D eigenvalue weighted by Gasteiger charge is 2.16. The molecule has 146 valence electrons. The van der Waals surface area contributed by atoms with Crippen LogP contribution in [0.2, 0.25) is 0 Å². The number of hydrogen-bond donors (Lipinski definition) is 1. The smallest absolute Gasteiger partial charge is 0.267 e. The summed E-state index contributed by atoms with van der Waals surface area (Å²) >= 11 is 1.51. The van der Waals surface area contributed by atoms with Crippen molar-refractivity contribution in [3.63, 3.8) is 0 Å². The van der Waals surface area contributed by atoms with Crippen LogP contribution in [-0.4, -0.2) is 26.4 Å². The Morgan fingerprint density at radius 2 is 1.86 bits per heavy atom. The average molecular weight is 405 g/mol. The SMILES string of the molecule is CCCn1nc(C(=O)N/N=C(/C)c2nc3ccccc3s2)c2ccccc2c1=O. The van der Waals surface area contributed by atoms with Gasteiger partial charge in [0.2, 0.25) is 0 Å². The van der Waals surface area contributed by atoms with Crippen LogP contribution >= 0.6 is 11.3 Å². The summed E-state index contributed by atoms with van der Waals surface area (Å²) in [4.78, 5) is 29.9. The number of hydrogen-bond acceptors (Lipinski definition) is 6. The summed E-state index contributed by atoms with van der Waals surface area (Å²) in [6.07, 6.45) is 0.737. The van der Waals surface area contributed by atoms with Crippen LogP contribution in [0.1, 0.15) is 35.8 Å². The van der Waals surface area contributed by atoms with Crippen molar-refractivity contribution in [3.05, 3.63) is 69.6 Å². The Hall–Kier alpha value is -3.39. The number of thiazole rings is 1. The second-order valence-electron chi connectivity index (χ2n) is 6.55. The molecule has 4 rings (SSSR count). The molecule has 0 aliphatic rings. The monoisotopic (exact) mass is 405 g/mol. The number of aryl methyl sites for hydroxylation is 1. The molecule has 29 heavy (non-hydrogen) atoms. The molecule has 1 amide bonds. The predicted octanol–water partition coefficient (Wildman–Crippen LogP) is 3.57. The molecule has 0 saturated carbocycles. The molecular weight excluding hydrogens is 386 g/mol. The topological polar surface area (TPSA) is 89.2 Å². The number of amides is 1. The Balaban J connectivity index is 1.67. The molecule has 0 spiro atoms. The van der Waals surface area contributed by atoms with E-state index in [2.05, 4.69) is 20.6 Å². The Morgan fingerprint density at radius 3 is 2.62 bits per heavy atom. The molecule has 2 aromatic heterocycles. The van der Waals surface area contributed by atoms with Gasteiger partial charge in [0.1, 0.15) is 5.01 Å². The molecule has 0 atom stereocenters. The molecular formula is C21H19N5O2S. The Kier molecular flexibility index (Phi) is 5.18. The molecule has 1 N–H and O–H groups in total. The van der Waals surface area contributed by atoms with Gasteiger partial charge in [0.05, 0.1) is 21.3 Å². The summed E-state index contributed by atoms with van der Waals surface area (Å²) < 4.78 is 2.39. The summed E-state index contributed by atoms with van der Waals surface area (Å²) in [5, 5.41) is 10.2. The number of nitrogens with one attached hydrogen (secondary N) is 1. The molecule has 2 aromatic carbocycles. The van der Waals surface area contributed by atoms with Crippen molar-refractivity contribution in [2.45, 2.75) is 26.8 Å². The number of carbonyl (C=O) groups is 1. The Labute approximate surface area is 170 Å². The zero-order valence-corrected chi connectivity index (χ0v) is 16.9. The van der Waals surface area contributed by atoms with E-state index in [1.165, 1.54) is 16.0 Å². The molecule has 0 radical (unpaired) electrons. The van der Waals surface area contributed by atoms with Gasteiger partial charge in [-0.3, -0.25) is 9.59 Å². The first-order valence-corrected chi connectivity index (χ1v) is 10.1. The van der Waals surface area contributed by atoms with Crippen molar-refractivity contribution in [1.29, 1.82) is 0 Å². The van der Waals surface area contributed by atoms with Crippen molar-refractivity contribution in [1.82, 2.24) is 20.2 Å². The Bertz CT molecular complexity index is 1270. The van der Waals surface area contributed by atoms with Gasteiger partial charge in [-0.25, -0.2) is 15.1 Å². The van der Waals surface area contributed by atoms with E-state index in [-0.39, 0.29) is 11.3 Å². The van der Waals surface area contributed by atoms with Crippen LogP contribution in [0.3, 0.4) is 0 Å². The third-order valence-electron chi connectivity index (χ3n) is 4.45. The summed E-state index contributed by atoms with van der Waals surface area (Å²) in [6, 6.07) is 14.8. The van der Waals surface area contributed by atoms with Gasteiger partial charge in [-0.1, -0.05) is 37.3 Å². The van der Waals surface area contributed by atoms with Crippen LogP contribution in [0.25, 0.3) is 21.0 Å². The van der Waals surface area contributed by atoms with Crippen LogP contribution in [0.15, 0.2) is 58.4 Å². The first kappa shape index (κ1) is 18.9. The summed E-state index contributed by atoms with van der Waals surface area (Å²) in [5.41, 5.74) is 4.03. The van der Waals surface area contributed by atoms with Crippen LogP contribution < -0.4 is 11.0 Å². The number of rotatable bonds is 5. The molecule has 0 bridgehead atoms. The molecule has 0 aliphatic carbocycles. The van der Waals surface area contributed by atoms with Gasteiger partial charge >= 0.3 is 0 Å². The molecule has 0 fully saturated rings. The van der Waals surface area contributed by atoms with E-state index in [1.807, 2.05) is 31.2 Å². The first-order valence-electron chi connectivity index (χ1n) is 9.29. The fourth-order valence-corrected chi connectivity index (χ4v) is 3.94. The summed E-state index contributed by atoms with van der Waals surface area (Å²) in [6.45, 7) is 4.19. The maximum atomic E-state index is 12.8. The molecule has 2 heterocycles. The van der Waals surface area contributed by atoms with Gasteiger partial charge in [-0.05, 0) is 31.5 Å². The Morgan fingerprint density at radius 1 is 1.14 bits per heavy atom. The highest BCUT2D eigenvalue weighted by Crippen LogP contribution is 2.22. The summed E-state index contributed by atoms with van der Waals surface area (Å²) in [5.74, 6) is -0.466. The van der Waals surface area contributed by atoms with Crippen molar-refractivity contribution in [2.24, 2.45) is 5.10 Å². The van der Waals surface area contributed by atoms with Gasteiger partial charge in [0, 0.05) is 11.9 Å². The quantitative estimate of drug-likeness (QED) is 0.406. The summed E-state index contributed by atoms with van der Waals surface area (Å²) in [7, 11) is 0. The third-order valence-corrected chi connectivity index (χ3v) is 5.59. The van der Waals surface area contributed by atoms with E-state index in [0.717, 1.165) is 21.6 Å². The largest absolute Gasteiger partial charge is 0.292 e. The minimum absolute atomic E-state index is 0.175. The average Bonchev–Trinajstić information content (AvgIpc) is 3.18. The fourth-order valence-electron chi connectivity index (χ4n) is 3.03. The van der Waals surface area contributed by atoms with Crippen LogP contribution in [0, 0.1) is 0 Å². The van der Waals surface area contributed by atoms with Crippen molar-refractivity contribution in [2.75, 3.05) is 0 Å². The number of aromatic nitrogens is 3. The number of benzene rings is 2. The molecule has 0 unspecified atom stereocenters. The van der Waals surface area contributed by atoms with E-state index >= 15 is 0 Å². The van der Waals surface area contributed by atoms with Crippen LogP contribution in [0.5, 0.6) is 0 Å². The lowest BCUT2D eigenvalue weighted by Crippen LogP contribution is -2.29. The van der Waals surface area contributed by atoms with E-state index in [9.17, 15) is 9.59 Å². The zero-order chi connectivity index (χ0) is 20.4. The lowest BCUT2D eigenvalue weighted by atomic mass is 10.1. The van der Waals surface area contributed by atoms with E-state index in [0.29, 0.717) is 23.0 Å². The van der Waals surface area contributed by atoms with Gasteiger partial charge < -0.3 is 0 Å². The minimum atomic E-state index is -0.466. The fraction of sp³-hybridized carbons (Fsp3) is 0.190. The van der Waals surface area contributed by atoms with E-state index in [4.69, 9.17) is 0 Å². The highest BCUT2D eigenvalue weighted by molar-refractivity contribution is 7.20. The normalized spacial score (nSPS) is 11.9. The number of nitrogens with zero attached hydrogens (tertiary/aromatic N) is 4. The maximum absolute atomic E-state index is 12.8. The minimum Gasteiger partial charge on any atom is -0.267 e. The van der Waals surface area contributed by atoms with Crippen molar-refractivity contribution < 1.29 is 4.79 Å². The molecule has 8 heteroatoms. The maximum Gasteiger partial charge on any atom is 0.292 e. The van der Waals surface area contributed by atoms with E-state index < -0.39 is 5.91 Å². The lowest BCUT2D eigenvalue weighted by molar-refractivity contribution is 0.0949. The number of hydrazone groups is 1. The highest BCUT2D eigenvalue weighted by atomic mass is 32.1. The van der Waals surface area contributed by atoms with E-state index in [1.54, 1.807) is 31.2 Å². The second kappa shape index (κ2) is 7.92. The van der Waals surface area contributed by atoms with Crippen LogP contribution in [0.4, 0.5) is 0 Å². The molecule has 4 aromatic rings. The van der Waals surface area contributed by atoms with Gasteiger partial charge in [-0.2, -0.15) is 10.2 Å². The molecule has 0 saturated heterocycles. The van der Waals surface area contributed by atoms with Gasteiger partial charge in [-0.15, -0.1) is 11.3 Å². The zero-order valence-electron chi connectivity index (χ0n) is 16.0. The second-order valence-corrected chi connectivity index (χ2v) is 7.58. The van der Waals surface area contributed by atoms with Gasteiger partial charge in [0.15, 0.2) is 5.69 Å². The number of fused-ring (bicyclic) bond motifs is 2. The predicted molar refractivity (Wildman–Crippen MR) is 116 cm³/mol. The molecule has 0 aliphatic heterocycles. The number of carbonyl (C=O) groups excluding carboxylic acids is 1. The van der Waals surface area contributed by atoms with Gasteiger partial charge in [0.25, 0.3) is 11.5 Å². The lowest BCUT2D eigenvalue weighted by Gasteiger charge is -2.09. The van der Waals surface area contributed by atoms with Crippen molar-refractivity contribution in [3.8, 4) is 0 Å². The number of para-hydroxylation sites is 1. The van der Waals surface area contributed by atoms with Crippen LogP contribution in [-0.2, 0) is 6.54 Å². The molecule has 7 nitrogen and oxygen atoms in total. The third kappa shape index (κ3) is 3.66. The standard InChI is InChI=1S/C21H19N5O2S/c1-3-12-26-21(28)15-9-5-4-8-14(15)18(25-26)19(27)24-23-13(2)20-22-16-10-6-7-11-17(16)29-20/h4-11H,3,12H2,1-2H3,(H,24,27)/b23-13-. The van der Waals surface area contributed by atoms with Crippen molar-refractivity contribution >= 4 is 43.9 Å².